The van der Waals surface area contributed by atoms with E-state index in [1.807, 2.05) is 0 Å². The topological polar surface area (TPSA) is 52.6 Å². The fourth-order valence-corrected chi connectivity index (χ4v) is 5.92. The molecule has 4 aliphatic carbocycles. The predicted molar refractivity (Wildman–Crippen MR) is 72.8 cm³/mol. The summed E-state index contributed by atoms with van der Waals surface area (Å²) in [6.45, 7) is 2.18. The lowest BCUT2D eigenvalue weighted by atomic mass is 9.39. The zero-order valence-electron chi connectivity index (χ0n) is 12.7. The molecule has 4 fully saturated rings. The second-order valence-electron chi connectivity index (χ2n) is 7.41. The number of hydrogen-bond acceptors (Lipinski definition) is 4. The van der Waals surface area contributed by atoms with Crippen molar-refractivity contribution in [1.82, 2.24) is 0 Å². The molecule has 0 aliphatic heterocycles. The molecule has 0 N–H and O–H groups in total. The van der Waals surface area contributed by atoms with Crippen LogP contribution in [-0.2, 0) is 19.1 Å². The van der Waals surface area contributed by atoms with Crippen LogP contribution in [0, 0.1) is 22.2 Å². The molecule has 4 aliphatic rings. The number of methoxy groups -OCH3 is 2. The van der Waals surface area contributed by atoms with E-state index in [9.17, 15) is 9.59 Å². The fourth-order valence-electron chi connectivity index (χ4n) is 5.92. The lowest BCUT2D eigenvalue weighted by Crippen LogP contribution is -2.61. The van der Waals surface area contributed by atoms with Gasteiger partial charge in [0.25, 0.3) is 0 Å². The van der Waals surface area contributed by atoms with E-state index in [4.69, 9.17) is 9.47 Å². The molecule has 2 atom stereocenters. The van der Waals surface area contributed by atoms with Gasteiger partial charge in [0, 0.05) is 0 Å². The van der Waals surface area contributed by atoms with E-state index in [0.29, 0.717) is 12.3 Å². The third-order valence-corrected chi connectivity index (χ3v) is 6.17. The average molecular weight is 280 g/mol. The zero-order valence-corrected chi connectivity index (χ0v) is 12.7. The fraction of sp³-hybridized carbons (Fsp3) is 0.875. The van der Waals surface area contributed by atoms with Gasteiger partial charge < -0.3 is 9.47 Å². The Hall–Kier alpha value is -1.06. The summed E-state index contributed by atoms with van der Waals surface area (Å²) in [6, 6.07) is 0. The van der Waals surface area contributed by atoms with Crippen molar-refractivity contribution >= 4 is 11.9 Å². The summed E-state index contributed by atoms with van der Waals surface area (Å²) >= 11 is 0. The van der Waals surface area contributed by atoms with Crippen LogP contribution < -0.4 is 0 Å². The molecule has 0 amide bonds. The molecule has 4 bridgehead atoms. The maximum Gasteiger partial charge on any atom is 0.311 e. The predicted octanol–water partition coefficient (Wildman–Crippen LogP) is 2.70. The number of carbonyl (C=O) groups is 2. The van der Waals surface area contributed by atoms with Crippen molar-refractivity contribution in [3.63, 3.8) is 0 Å². The Morgan fingerprint density at radius 2 is 1.45 bits per heavy atom. The number of carbonyl (C=O) groups excluding carboxylic acids is 2. The Balaban J connectivity index is 2.05. The molecular weight excluding hydrogens is 256 g/mol. The highest BCUT2D eigenvalue weighted by Gasteiger charge is 2.68. The van der Waals surface area contributed by atoms with Crippen LogP contribution in [-0.4, -0.2) is 26.2 Å². The molecule has 20 heavy (non-hydrogen) atoms. The van der Waals surface area contributed by atoms with Crippen molar-refractivity contribution < 1.29 is 19.1 Å². The third-order valence-electron chi connectivity index (χ3n) is 6.17. The minimum Gasteiger partial charge on any atom is -0.469 e. The minimum absolute atomic E-state index is 0.118. The smallest absolute Gasteiger partial charge is 0.311 e. The first-order valence-electron chi connectivity index (χ1n) is 7.60. The van der Waals surface area contributed by atoms with E-state index in [2.05, 4.69) is 6.92 Å². The maximum atomic E-state index is 12.4. The first-order chi connectivity index (χ1) is 9.43. The monoisotopic (exact) mass is 280 g/mol. The van der Waals surface area contributed by atoms with Crippen LogP contribution >= 0.6 is 0 Å². The van der Waals surface area contributed by atoms with Crippen LogP contribution in [0.2, 0.25) is 0 Å². The van der Waals surface area contributed by atoms with Crippen molar-refractivity contribution in [2.24, 2.45) is 22.2 Å². The van der Waals surface area contributed by atoms with Crippen molar-refractivity contribution in [3.8, 4) is 0 Å². The Morgan fingerprint density at radius 1 is 0.950 bits per heavy atom. The highest BCUT2D eigenvalue weighted by molar-refractivity contribution is 5.83. The molecule has 0 aromatic carbocycles. The summed E-state index contributed by atoms with van der Waals surface area (Å²) in [4.78, 5) is 24.8. The van der Waals surface area contributed by atoms with Crippen LogP contribution in [0.5, 0.6) is 0 Å². The van der Waals surface area contributed by atoms with Gasteiger partial charge in [-0.3, -0.25) is 9.59 Å². The van der Waals surface area contributed by atoms with Gasteiger partial charge in [-0.05, 0) is 49.9 Å². The van der Waals surface area contributed by atoms with Gasteiger partial charge in [0.05, 0.1) is 25.0 Å². The third kappa shape index (κ3) is 1.66. The second kappa shape index (κ2) is 4.22. The number of rotatable bonds is 3. The van der Waals surface area contributed by atoms with E-state index in [1.165, 1.54) is 14.2 Å². The molecule has 0 heterocycles. The van der Waals surface area contributed by atoms with Gasteiger partial charge in [0.15, 0.2) is 0 Å². The largest absolute Gasteiger partial charge is 0.469 e. The molecule has 0 spiro atoms. The highest BCUT2D eigenvalue weighted by atomic mass is 16.5. The standard InChI is InChI=1S/C16H24O4/c1-4-14-5-11-6-15(8-14,12(17)19-2)10-16(7-11,9-14)13(18)20-3/h11H,4-10H2,1-3H3. The van der Waals surface area contributed by atoms with Crippen LogP contribution in [0.1, 0.15) is 51.9 Å². The molecule has 0 saturated heterocycles. The first kappa shape index (κ1) is 13.9. The normalized spacial score (nSPS) is 45.2. The number of hydrogen-bond donors (Lipinski definition) is 0. The van der Waals surface area contributed by atoms with Crippen molar-refractivity contribution in [3.05, 3.63) is 0 Å². The summed E-state index contributed by atoms with van der Waals surface area (Å²) in [5.41, 5.74) is -0.765. The number of esters is 2. The molecular formula is C16H24O4. The Labute approximate surface area is 120 Å². The molecule has 4 rings (SSSR count). The van der Waals surface area contributed by atoms with Gasteiger partial charge in [0.2, 0.25) is 0 Å². The van der Waals surface area contributed by atoms with Gasteiger partial charge in [-0.2, -0.15) is 0 Å². The summed E-state index contributed by atoms with van der Waals surface area (Å²) < 4.78 is 10.2. The van der Waals surface area contributed by atoms with Crippen molar-refractivity contribution in [1.29, 1.82) is 0 Å². The average Bonchev–Trinajstić information content (AvgIpc) is 2.44. The molecule has 0 radical (unpaired) electrons. The Kier molecular flexibility index (Phi) is 2.93. The minimum atomic E-state index is -0.446. The maximum absolute atomic E-state index is 12.4. The Morgan fingerprint density at radius 3 is 1.85 bits per heavy atom. The van der Waals surface area contributed by atoms with Crippen molar-refractivity contribution in [2.45, 2.75) is 51.9 Å². The molecule has 2 unspecified atom stereocenters. The van der Waals surface area contributed by atoms with Crippen molar-refractivity contribution in [2.75, 3.05) is 14.2 Å². The summed E-state index contributed by atoms with van der Waals surface area (Å²) in [6.07, 6.45) is 6.36. The van der Waals surface area contributed by atoms with Gasteiger partial charge in [-0.1, -0.05) is 13.3 Å². The van der Waals surface area contributed by atoms with Crippen LogP contribution in [0.3, 0.4) is 0 Å². The van der Waals surface area contributed by atoms with Gasteiger partial charge in [-0.25, -0.2) is 0 Å². The van der Waals surface area contributed by atoms with E-state index in [-0.39, 0.29) is 17.4 Å². The molecule has 112 valence electrons. The zero-order chi connectivity index (χ0) is 14.6. The van der Waals surface area contributed by atoms with Gasteiger partial charge >= 0.3 is 11.9 Å². The second-order valence-corrected chi connectivity index (χ2v) is 7.41. The SMILES string of the molecule is CCC12CC3CC(C(=O)OC)(C1)CC(C(=O)OC)(C3)C2. The molecule has 0 aromatic rings. The van der Waals surface area contributed by atoms with E-state index >= 15 is 0 Å². The summed E-state index contributed by atoms with van der Waals surface area (Å²) in [5.74, 6) is 0.227. The quantitative estimate of drug-likeness (QED) is 0.746. The Bertz CT molecular complexity index is 423. The molecule has 4 saturated carbocycles. The van der Waals surface area contributed by atoms with E-state index in [1.54, 1.807) is 0 Å². The number of ether oxygens (including phenoxy) is 2. The van der Waals surface area contributed by atoms with E-state index < -0.39 is 10.8 Å². The highest BCUT2D eigenvalue weighted by Crippen LogP contribution is 2.71. The van der Waals surface area contributed by atoms with Crippen LogP contribution in [0.15, 0.2) is 0 Å². The van der Waals surface area contributed by atoms with Crippen LogP contribution in [0.4, 0.5) is 0 Å². The van der Waals surface area contributed by atoms with Gasteiger partial charge in [-0.15, -0.1) is 0 Å². The lowest BCUT2D eigenvalue weighted by Gasteiger charge is -2.64. The molecule has 0 aromatic heterocycles. The molecule has 4 nitrogen and oxygen atoms in total. The van der Waals surface area contributed by atoms with Gasteiger partial charge in [0.1, 0.15) is 0 Å². The summed E-state index contributed by atoms with van der Waals surface area (Å²) in [7, 11) is 2.93. The summed E-state index contributed by atoms with van der Waals surface area (Å²) in [5, 5.41) is 0. The first-order valence-corrected chi connectivity index (χ1v) is 7.60. The lowest BCUT2D eigenvalue weighted by molar-refractivity contribution is -0.205. The van der Waals surface area contributed by atoms with E-state index in [0.717, 1.165) is 38.5 Å². The van der Waals surface area contributed by atoms with Crippen LogP contribution in [0.25, 0.3) is 0 Å². The molecule has 4 heteroatoms.